The van der Waals surface area contributed by atoms with Crippen LogP contribution in [-0.4, -0.2) is 50.8 Å². The lowest BCUT2D eigenvalue weighted by molar-refractivity contribution is 0.0365. The fourth-order valence-corrected chi connectivity index (χ4v) is 2.60. The molecule has 15 heavy (non-hydrogen) atoms. The van der Waals surface area contributed by atoms with Gasteiger partial charge in [-0.15, -0.1) is 0 Å². The molecule has 0 bridgehead atoms. The van der Waals surface area contributed by atoms with Crippen molar-refractivity contribution in [2.75, 3.05) is 45.9 Å². The fourth-order valence-electron chi connectivity index (χ4n) is 2.60. The zero-order valence-corrected chi connectivity index (χ0v) is 9.71. The molecular formula is C12H24N2O. The Morgan fingerprint density at radius 1 is 1.13 bits per heavy atom. The van der Waals surface area contributed by atoms with Gasteiger partial charge in [0.15, 0.2) is 0 Å². The Morgan fingerprint density at radius 3 is 2.60 bits per heavy atom. The van der Waals surface area contributed by atoms with E-state index in [-0.39, 0.29) is 0 Å². The van der Waals surface area contributed by atoms with Crippen LogP contribution in [0.5, 0.6) is 0 Å². The summed E-state index contributed by atoms with van der Waals surface area (Å²) in [6.07, 6.45) is 5.59. The zero-order chi connectivity index (χ0) is 10.3. The summed E-state index contributed by atoms with van der Waals surface area (Å²) in [5.74, 6) is 0.993. The number of morpholine rings is 1. The Morgan fingerprint density at radius 2 is 1.87 bits per heavy atom. The smallest absolute Gasteiger partial charge is 0.0594 e. The monoisotopic (exact) mass is 212 g/mol. The molecule has 2 aliphatic heterocycles. The lowest BCUT2D eigenvalue weighted by atomic mass is 9.93. The first-order valence-electron chi connectivity index (χ1n) is 6.46. The van der Waals surface area contributed by atoms with E-state index in [9.17, 15) is 0 Å². The van der Waals surface area contributed by atoms with E-state index < -0.39 is 0 Å². The molecular weight excluding hydrogens is 188 g/mol. The van der Waals surface area contributed by atoms with Gasteiger partial charge in [0.1, 0.15) is 0 Å². The molecule has 0 saturated carbocycles. The Kier molecular flexibility index (Phi) is 4.90. The van der Waals surface area contributed by atoms with Crippen LogP contribution in [0.2, 0.25) is 0 Å². The van der Waals surface area contributed by atoms with E-state index in [1.54, 1.807) is 0 Å². The van der Waals surface area contributed by atoms with Gasteiger partial charge in [-0.1, -0.05) is 0 Å². The van der Waals surface area contributed by atoms with E-state index >= 15 is 0 Å². The normalized spacial score (nSPS) is 25.6. The van der Waals surface area contributed by atoms with E-state index in [4.69, 9.17) is 4.74 Å². The first-order chi connectivity index (χ1) is 7.45. The summed E-state index contributed by atoms with van der Waals surface area (Å²) in [5, 5.41) is 3.43. The van der Waals surface area contributed by atoms with Gasteiger partial charge in [0, 0.05) is 13.1 Å². The maximum absolute atomic E-state index is 5.35. The molecule has 3 heteroatoms. The van der Waals surface area contributed by atoms with E-state index in [2.05, 4.69) is 10.2 Å². The minimum atomic E-state index is 0.938. The molecule has 0 spiro atoms. The summed E-state index contributed by atoms with van der Waals surface area (Å²) in [6.45, 7) is 7.93. The summed E-state index contributed by atoms with van der Waals surface area (Å²) in [7, 11) is 0. The molecule has 0 aliphatic carbocycles. The van der Waals surface area contributed by atoms with Crippen molar-refractivity contribution < 1.29 is 4.74 Å². The lowest BCUT2D eigenvalue weighted by Gasteiger charge is -2.28. The van der Waals surface area contributed by atoms with Gasteiger partial charge in [-0.25, -0.2) is 0 Å². The predicted molar refractivity (Wildman–Crippen MR) is 62.1 cm³/mol. The van der Waals surface area contributed by atoms with Crippen molar-refractivity contribution in [3.63, 3.8) is 0 Å². The van der Waals surface area contributed by atoms with Crippen LogP contribution in [0.3, 0.4) is 0 Å². The van der Waals surface area contributed by atoms with Gasteiger partial charge < -0.3 is 10.1 Å². The third-order valence-electron chi connectivity index (χ3n) is 3.65. The van der Waals surface area contributed by atoms with Crippen LogP contribution in [0.25, 0.3) is 0 Å². The van der Waals surface area contributed by atoms with Gasteiger partial charge in [-0.2, -0.15) is 0 Å². The summed E-state index contributed by atoms with van der Waals surface area (Å²) >= 11 is 0. The molecule has 0 unspecified atom stereocenters. The van der Waals surface area contributed by atoms with Crippen LogP contribution < -0.4 is 5.32 Å². The SMILES string of the molecule is C(CC1CCNCC1)CN1CCOCC1. The maximum atomic E-state index is 5.35. The number of hydrogen-bond donors (Lipinski definition) is 1. The van der Waals surface area contributed by atoms with Crippen molar-refractivity contribution in [2.45, 2.75) is 25.7 Å². The molecule has 0 aromatic heterocycles. The number of piperidine rings is 1. The Balaban J connectivity index is 1.53. The van der Waals surface area contributed by atoms with Gasteiger partial charge in [0.25, 0.3) is 0 Å². The fraction of sp³-hybridized carbons (Fsp3) is 1.00. The van der Waals surface area contributed by atoms with Crippen LogP contribution in [-0.2, 0) is 4.74 Å². The van der Waals surface area contributed by atoms with Gasteiger partial charge >= 0.3 is 0 Å². The number of nitrogens with zero attached hydrogens (tertiary/aromatic N) is 1. The molecule has 0 aromatic rings. The standard InChI is InChI=1S/C12H24N2O/c1(2-12-3-5-13-6-4-12)7-14-8-10-15-11-9-14/h12-13H,1-11H2. The van der Waals surface area contributed by atoms with Crippen LogP contribution >= 0.6 is 0 Å². The summed E-state index contributed by atoms with van der Waals surface area (Å²) < 4.78 is 5.35. The summed E-state index contributed by atoms with van der Waals surface area (Å²) in [6, 6.07) is 0. The topological polar surface area (TPSA) is 24.5 Å². The molecule has 2 saturated heterocycles. The van der Waals surface area contributed by atoms with Gasteiger partial charge in [0.2, 0.25) is 0 Å². The molecule has 2 fully saturated rings. The van der Waals surface area contributed by atoms with Gasteiger partial charge in [-0.3, -0.25) is 4.90 Å². The van der Waals surface area contributed by atoms with Crippen LogP contribution in [0.15, 0.2) is 0 Å². The average molecular weight is 212 g/mol. The largest absolute Gasteiger partial charge is 0.379 e. The van der Waals surface area contributed by atoms with Crippen molar-refractivity contribution >= 4 is 0 Å². The summed E-state index contributed by atoms with van der Waals surface area (Å²) in [4.78, 5) is 2.55. The molecule has 0 amide bonds. The van der Waals surface area contributed by atoms with Crippen molar-refractivity contribution in [1.82, 2.24) is 10.2 Å². The van der Waals surface area contributed by atoms with E-state index in [1.165, 1.54) is 45.3 Å². The molecule has 2 aliphatic rings. The predicted octanol–water partition coefficient (Wildman–Crippen LogP) is 1.10. The van der Waals surface area contributed by atoms with E-state index in [1.807, 2.05) is 0 Å². The highest BCUT2D eigenvalue weighted by Crippen LogP contribution is 2.17. The van der Waals surface area contributed by atoms with E-state index in [0.29, 0.717) is 0 Å². The van der Waals surface area contributed by atoms with Crippen LogP contribution in [0, 0.1) is 5.92 Å². The van der Waals surface area contributed by atoms with Gasteiger partial charge in [-0.05, 0) is 51.2 Å². The molecule has 3 nitrogen and oxygen atoms in total. The number of ether oxygens (including phenoxy) is 1. The minimum absolute atomic E-state index is 0.938. The Hall–Kier alpha value is -0.120. The molecule has 1 N–H and O–H groups in total. The highest BCUT2D eigenvalue weighted by Gasteiger charge is 2.14. The molecule has 0 radical (unpaired) electrons. The summed E-state index contributed by atoms with van der Waals surface area (Å²) in [5.41, 5.74) is 0. The number of rotatable bonds is 4. The van der Waals surface area contributed by atoms with Crippen molar-refractivity contribution in [1.29, 1.82) is 0 Å². The van der Waals surface area contributed by atoms with Crippen LogP contribution in [0.4, 0.5) is 0 Å². The maximum Gasteiger partial charge on any atom is 0.0594 e. The third-order valence-corrected chi connectivity index (χ3v) is 3.65. The average Bonchev–Trinajstić information content (AvgIpc) is 2.32. The molecule has 0 aromatic carbocycles. The lowest BCUT2D eigenvalue weighted by Crippen LogP contribution is -2.37. The van der Waals surface area contributed by atoms with Gasteiger partial charge in [0.05, 0.1) is 13.2 Å². The van der Waals surface area contributed by atoms with Crippen molar-refractivity contribution in [3.8, 4) is 0 Å². The van der Waals surface area contributed by atoms with Crippen molar-refractivity contribution in [2.24, 2.45) is 5.92 Å². The second-order valence-electron chi connectivity index (χ2n) is 4.79. The highest BCUT2D eigenvalue weighted by molar-refractivity contribution is 4.70. The van der Waals surface area contributed by atoms with Crippen LogP contribution in [0.1, 0.15) is 25.7 Å². The Labute approximate surface area is 93.2 Å². The second kappa shape index (κ2) is 6.46. The first kappa shape index (κ1) is 11.4. The third kappa shape index (κ3) is 4.09. The number of hydrogen-bond acceptors (Lipinski definition) is 3. The first-order valence-corrected chi connectivity index (χ1v) is 6.46. The second-order valence-corrected chi connectivity index (χ2v) is 4.79. The quantitative estimate of drug-likeness (QED) is 0.755. The Bertz CT molecular complexity index is 145. The van der Waals surface area contributed by atoms with E-state index in [0.717, 1.165) is 32.2 Å². The minimum Gasteiger partial charge on any atom is -0.379 e. The molecule has 2 rings (SSSR count). The van der Waals surface area contributed by atoms with Crippen molar-refractivity contribution in [3.05, 3.63) is 0 Å². The highest BCUT2D eigenvalue weighted by atomic mass is 16.5. The zero-order valence-electron chi connectivity index (χ0n) is 9.71. The molecule has 0 atom stereocenters. The number of nitrogens with one attached hydrogen (secondary N) is 1. The molecule has 2 heterocycles. The molecule has 88 valence electrons.